The highest BCUT2D eigenvalue weighted by atomic mass is 32.1. The molecule has 0 saturated heterocycles. The van der Waals surface area contributed by atoms with Crippen LogP contribution < -0.4 is 5.32 Å². The van der Waals surface area contributed by atoms with Gasteiger partial charge in [-0.1, -0.05) is 23.4 Å². The minimum absolute atomic E-state index is 0.699. The van der Waals surface area contributed by atoms with Crippen molar-refractivity contribution in [3.8, 4) is 10.6 Å². The maximum atomic E-state index is 5.45. The number of hydrogen-bond acceptors (Lipinski definition) is 4. The third-order valence-corrected chi connectivity index (χ3v) is 4.51. The first-order valence-corrected chi connectivity index (χ1v) is 7.38. The maximum absolute atomic E-state index is 5.45. The average molecular weight is 270 g/mol. The highest BCUT2D eigenvalue weighted by Gasteiger charge is 2.20. The number of thiophene rings is 1. The normalized spacial score (nSPS) is 15.2. The van der Waals surface area contributed by atoms with E-state index in [1.54, 1.807) is 11.3 Å². The summed E-state index contributed by atoms with van der Waals surface area (Å²) in [4.78, 5) is 1.14. The number of nitrogens with zero attached hydrogens (tertiary/aromatic N) is 1. The zero-order valence-electron chi connectivity index (χ0n) is 10.4. The molecule has 2 aromatic heterocycles. The van der Waals surface area contributed by atoms with Gasteiger partial charge >= 0.3 is 0 Å². The van der Waals surface area contributed by atoms with Gasteiger partial charge in [0.2, 0.25) is 0 Å². The number of benzene rings is 1. The van der Waals surface area contributed by atoms with Crippen molar-refractivity contribution in [3.05, 3.63) is 42.1 Å². The number of aromatic nitrogens is 1. The molecule has 0 spiro atoms. The number of nitrogens with one attached hydrogen (secondary N) is 1. The smallest absolute Gasteiger partial charge is 0.177 e. The summed E-state index contributed by atoms with van der Waals surface area (Å²) in [6.07, 6.45) is 2.59. The minimum Gasteiger partial charge on any atom is -0.355 e. The van der Waals surface area contributed by atoms with Crippen molar-refractivity contribution >= 4 is 21.4 Å². The van der Waals surface area contributed by atoms with Gasteiger partial charge in [-0.3, -0.25) is 0 Å². The Balaban J connectivity index is 1.60. The molecule has 1 aliphatic carbocycles. The van der Waals surface area contributed by atoms with Gasteiger partial charge < -0.3 is 9.84 Å². The van der Waals surface area contributed by atoms with Gasteiger partial charge in [-0.25, -0.2) is 0 Å². The largest absolute Gasteiger partial charge is 0.355 e. The van der Waals surface area contributed by atoms with Crippen molar-refractivity contribution in [1.29, 1.82) is 0 Å². The zero-order valence-corrected chi connectivity index (χ0v) is 11.2. The molecule has 4 rings (SSSR count). The molecule has 0 aliphatic heterocycles. The van der Waals surface area contributed by atoms with Crippen LogP contribution in [-0.2, 0) is 6.54 Å². The molecule has 0 atom stereocenters. The van der Waals surface area contributed by atoms with E-state index < -0.39 is 0 Å². The molecule has 2 heterocycles. The lowest BCUT2D eigenvalue weighted by atomic mass is 10.2. The van der Waals surface area contributed by atoms with Crippen LogP contribution >= 0.6 is 11.3 Å². The monoisotopic (exact) mass is 270 g/mol. The van der Waals surface area contributed by atoms with Gasteiger partial charge in [0.1, 0.15) is 0 Å². The Morgan fingerprint density at radius 3 is 3.00 bits per heavy atom. The molecule has 3 nitrogen and oxygen atoms in total. The molecule has 3 aromatic rings. The lowest BCUT2D eigenvalue weighted by molar-refractivity contribution is 0.420. The molecule has 0 bridgehead atoms. The molecule has 1 fully saturated rings. The van der Waals surface area contributed by atoms with Crippen LogP contribution in [0.1, 0.15) is 18.5 Å². The third kappa shape index (κ3) is 2.29. The van der Waals surface area contributed by atoms with Crippen molar-refractivity contribution in [1.82, 2.24) is 10.5 Å². The first kappa shape index (κ1) is 11.2. The highest BCUT2D eigenvalue weighted by Crippen LogP contribution is 2.33. The Labute approximate surface area is 115 Å². The lowest BCUT2D eigenvalue weighted by Gasteiger charge is -1.95. The van der Waals surface area contributed by atoms with Crippen LogP contribution in [0.4, 0.5) is 0 Å². The van der Waals surface area contributed by atoms with Crippen LogP contribution in [0.2, 0.25) is 0 Å². The molecule has 0 radical (unpaired) electrons. The first-order valence-electron chi connectivity index (χ1n) is 6.56. The molecule has 19 heavy (non-hydrogen) atoms. The predicted octanol–water partition coefficient (Wildman–Crippen LogP) is 3.81. The molecule has 4 heteroatoms. The summed E-state index contributed by atoms with van der Waals surface area (Å²) in [6.45, 7) is 0.805. The van der Waals surface area contributed by atoms with Crippen molar-refractivity contribution in [2.45, 2.75) is 25.4 Å². The predicted molar refractivity (Wildman–Crippen MR) is 77.2 cm³/mol. The van der Waals surface area contributed by atoms with Crippen molar-refractivity contribution < 1.29 is 4.52 Å². The van der Waals surface area contributed by atoms with E-state index in [0.29, 0.717) is 6.04 Å². The Morgan fingerprint density at radius 2 is 2.16 bits per heavy atom. The summed E-state index contributed by atoms with van der Waals surface area (Å²) in [5, 5.41) is 8.84. The van der Waals surface area contributed by atoms with E-state index in [0.717, 1.165) is 22.9 Å². The van der Waals surface area contributed by atoms with Crippen LogP contribution in [-0.4, -0.2) is 11.2 Å². The summed E-state index contributed by atoms with van der Waals surface area (Å²) in [5.41, 5.74) is 0.986. The van der Waals surface area contributed by atoms with Crippen molar-refractivity contribution in [3.63, 3.8) is 0 Å². The summed E-state index contributed by atoms with van der Waals surface area (Å²) in [5.74, 6) is 0.869. The Bertz CT molecular complexity index is 679. The van der Waals surface area contributed by atoms with Crippen LogP contribution in [0.5, 0.6) is 0 Å². The van der Waals surface area contributed by atoms with Crippen LogP contribution in [0.15, 0.2) is 40.9 Å². The topological polar surface area (TPSA) is 38.1 Å². The standard InChI is InChI=1S/C15H14N2OS/c1-2-4-14-10(3-1)7-15(19-14)13-8-12(17-18-13)9-16-11-5-6-11/h1-4,7-8,11,16H,5-6,9H2. The fraction of sp³-hybridized carbons (Fsp3) is 0.267. The Hall–Kier alpha value is -1.65. The molecular weight excluding hydrogens is 256 g/mol. The Kier molecular flexibility index (Phi) is 2.64. The van der Waals surface area contributed by atoms with E-state index in [-0.39, 0.29) is 0 Å². The number of hydrogen-bond donors (Lipinski definition) is 1. The van der Waals surface area contributed by atoms with Crippen molar-refractivity contribution in [2.24, 2.45) is 0 Å². The maximum Gasteiger partial charge on any atom is 0.177 e. The second kappa shape index (κ2) is 4.47. The van der Waals surface area contributed by atoms with Gasteiger partial charge in [-0.05, 0) is 30.4 Å². The highest BCUT2D eigenvalue weighted by molar-refractivity contribution is 7.22. The van der Waals surface area contributed by atoms with E-state index >= 15 is 0 Å². The lowest BCUT2D eigenvalue weighted by Crippen LogP contribution is -2.15. The molecule has 96 valence electrons. The summed E-state index contributed by atoms with van der Waals surface area (Å²) in [7, 11) is 0. The fourth-order valence-corrected chi connectivity index (χ4v) is 3.16. The molecule has 1 N–H and O–H groups in total. The van der Waals surface area contributed by atoms with E-state index in [2.05, 4.69) is 40.8 Å². The third-order valence-electron chi connectivity index (χ3n) is 3.38. The summed E-state index contributed by atoms with van der Waals surface area (Å²) < 4.78 is 6.74. The number of fused-ring (bicyclic) bond motifs is 1. The second-order valence-corrected chi connectivity index (χ2v) is 6.07. The first-order chi connectivity index (χ1) is 9.38. The average Bonchev–Trinajstić information content (AvgIpc) is 2.99. The molecule has 0 amide bonds. The van der Waals surface area contributed by atoms with E-state index in [1.165, 1.54) is 22.9 Å². The molecule has 1 aromatic carbocycles. The van der Waals surface area contributed by atoms with Crippen LogP contribution in [0.25, 0.3) is 20.7 Å². The van der Waals surface area contributed by atoms with Gasteiger partial charge in [0.25, 0.3) is 0 Å². The van der Waals surface area contributed by atoms with Crippen molar-refractivity contribution in [2.75, 3.05) is 0 Å². The molecule has 0 unspecified atom stereocenters. The van der Waals surface area contributed by atoms with Gasteiger partial charge in [-0.15, -0.1) is 11.3 Å². The van der Waals surface area contributed by atoms with E-state index in [9.17, 15) is 0 Å². The molecule has 1 aliphatic rings. The summed E-state index contributed by atoms with van der Waals surface area (Å²) in [6, 6.07) is 13.3. The summed E-state index contributed by atoms with van der Waals surface area (Å²) >= 11 is 1.75. The van der Waals surface area contributed by atoms with E-state index in [4.69, 9.17) is 4.52 Å². The van der Waals surface area contributed by atoms with Gasteiger partial charge in [-0.2, -0.15) is 0 Å². The number of rotatable bonds is 4. The SMILES string of the molecule is c1ccc2sc(-c3cc(CNC4CC4)no3)cc2c1. The van der Waals surface area contributed by atoms with Gasteiger partial charge in [0, 0.05) is 23.4 Å². The van der Waals surface area contributed by atoms with E-state index in [1.807, 2.05) is 6.07 Å². The van der Waals surface area contributed by atoms with Gasteiger partial charge in [0.15, 0.2) is 5.76 Å². The van der Waals surface area contributed by atoms with Gasteiger partial charge in [0.05, 0.1) is 10.6 Å². The Morgan fingerprint density at radius 1 is 1.26 bits per heavy atom. The zero-order chi connectivity index (χ0) is 12.7. The van der Waals surface area contributed by atoms with Crippen LogP contribution in [0.3, 0.4) is 0 Å². The minimum atomic E-state index is 0.699. The molecular formula is C15H14N2OS. The molecule has 1 saturated carbocycles. The fourth-order valence-electron chi connectivity index (χ4n) is 2.15. The second-order valence-electron chi connectivity index (χ2n) is 4.99. The quantitative estimate of drug-likeness (QED) is 0.783. The van der Waals surface area contributed by atoms with Crippen LogP contribution in [0, 0.1) is 0 Å².